The van der Waals surface area contributed by atoms with E-state index >= 15 is 0 Å². The van der Waals surface area contributed by atoms with Gasteiger partial charge in [0.2, 0.25) is 0 Å². The molecule has 0 aliphatic rings. The molecule has 0 saturated heterocycles. The van der Waals surface area contributed by atoms with Crippen LogP contribution in [0.15, 0.2) is 199 Å². The van der Waals surface area contributed by atoms with Crippen LogP contribution in [0.5, 0.6) is 0 Å². The van der Waals surface area contributed by atoms with Crippen molar-refractivity contribution < 1.29 is 4.42 Å². The molecule has 0 spiro atoms. The van der Waals surface area contributed by atoms with Crippen LogP contribution in [0.4, 0.5) is 0 Å². The molecule has 11 rings (SSSR count). The minimum atomic E-state index is 0.691. The maximum absolute atomic E-state index is 6.79. The average molecular weight is 705 g/mol. The minimum Gasteiger partial charge on any atom is -0.455 e. The van der Waals surface area contributed by atoms with E-state index in [1.165, 1.54) is 10.8 Å². The van der Waals surface area contributed by atoms with E-state index in [4.69, 9.17) is 14.5 Å². The Morgan fingerprint density at radius 1 is 0.382 bits per heavy atom. The van der Waals surface area contributed by atoms with Crippen molar-refractivity contribution in [2.75, 3.05) is 0 Å². The molecule has 5 heteroatoms. The standard InChI is InChI=1S/C50H32N4O/c1-4-14-33(15-5-1)39-21-12-23-42-43-24-13-22-40(48(43)55-47(39)42)36-26-31-46-44(32-36)41-20-10-11-25-45(41)53(46)37-27-29-38(30-28-37)54-50(35-18-8-3-9-19-35)51-49(52-54)34-16-6-2-7-17-34/h1-32H. The van der Waals surface area contributed by atoms with E-state index in [1.54, 1.807) is 0 Å². The molecule has 8 aromatic carbocycles. The van der Waals surface area contributed by atoms with Crippen molar-refractivity contribution >= 4 is 43.7 Å². The van der Waals surface area contributed by atoms with Gasteiger partial charge in [-0.15, -0.1) is 5.10 Å². The topological polar surface area (TPSA) is 48.8 Å². The summed E-state index contributed by atoms with van der Waals surface area (Å²) in [6.07, 6.45) is 0. The monoisotopic (exact) mass is 704 g/mol. The van der Waals surface area contributed by atoms with Crippen LogP contribution < -0.4 is 0 Å². The van der Waals surface area contributed by atoms with Gasteiger partial charge >= 0.3 is 0 Å². The van der Waals surface area contributed by atoms with Gasteiger partial charge in [0.1, 0.15) is 11.2 Å². The van der Waals surface area contributed by atoms with E-state index in [9.17, 15) is 0 Å². The third kappa shape index (κ3) is 5.09. The number of hydrogen-bond donors (Lipinski definition) is 0. The fourth-order valence-corrected chi connectivity index (χ4v) is 8.03. The lowest BCUT2D eigenvalue weighted by Crippen LogP contribution is -2.01. The lowest BCUT2D eigenvalue weighted by molar-refractivity contribution is 0.671. The Bertz CT molecular complexity index is 3180. The Kier molecular flexibility index (Phi) is 7.10. The van der Waals surface area contributed by atoms with E-state index in [0.29, 0.717) is 5.82 Å². The molecule has 11 aromatic rings. The maximum atomic E-state index is 6.79. The van der Waals surface area contributed by atoms with Crippen LogP contribution in [0, 0.1) is 0 Å². The molecule has 3 aromatic heterocycles. The molecular weight excluding hydrogens is 673 g/mol. The zero-order valence-electron chi connectivity index (χ0n) is 29.7. The van der Waals surface area contributed by atoms with Crippen LogP contribution in [0.3, 0.4) is 0 Å². The van der Waals surface area contributed by atoms with Gasteiger partial charge in [-0.25, -0.2) is 9.67 Å². The summed E-state index contributed by atoms with van der Waals surface area (Å²) in [6, 6.07) is 67.8. The quantitative estimate of drug-likeness (QED) is 0.173. The fourth-order valence-electron chi connectivity index (χ4n) is 8.03. The second-order valence-corrected chi connectivity index (χ2v) is 13.8. The first-order valence-corrected chi connectivity index (χ1v) is 18.5. The van der Waals surface area contributed by atoms with Crippen LogP contribution in [-0.4, -0.2) is 19.3 Å². The Balaban J connectivity index is 1.03. The van der Waals surface area contributed by atoms with Gasteiger partial charge in [-0.1, -0.05) is 152 Å². The normalized spacial score (nSPS) is 11.6. The highest BCUT2D eigenvalue weighted by Crippen LogP contribution is 2.41. The number of benzene rings is 8. The molecule has 0 fully saturated rings. The number of nitrogens with zero attached hydrogens (tertiary/aromatic N) is 4. The number of furan rings is 1. The summed E-state index contributed by atoms with van der Waals surface area (Å²) in [5.41, 5.74) is 12.5. The smallest absolute Gasteiger partial charge is 0.182 e. The van der Waals surface area contributed by atoms with Crippen LogP contribution in [0.1, 0.15) is 0 Å². The molecule has 258 valence electrons. The maximum Gasteiger partial charge on any atom is 0.182 e. The van der Waals surface area contributed by atoms with Crippen molar-refractivity contribution in [2.45, 2.75) is 0 Å². The van der Waals surface area contributed by atoms with Crippen molar-refractivity contribution in [2.24, 2.45) is 0 Å². The van der Waals surface area contributed by atoms with E-state index in [1.807, 2.05) is 59.3 Å². The lowest BCUT2D eigenvalue weighted by atomic mass is 9.99. The van der Waals surface area contributed by atoms with Gasteiger partial charge in [-0.3, -0.25) is 0 Å². The van der Waals surface area contributed by atoms with Gasteiger partial charge in [0.25, 0.3) is 0 Å². The lowest BCUT2D eigenvalue weighted by Gasteiger charge is -2.11. The number of rotatable bonds is 6. The Labute approximate surface area is 317 Å². The molecular formula is C50H32N4O. The first kappa shape index (κ1) is 31.1. The summed E-state index contributed by atoms with van der Waals surface area (Å²) < 4.78 is 11.1. The third-order valence-corrected chi connectivity index (χ3v) is 10.6. The minimum absolute atomic E-state index is 0.691. The van der Waals surface area contributed by atoms with Gasteiger partial charge in [0.05, 0.1) is 16.7 Å². The number of aromatic nitrogens is 4. The second-order valence-electron chi connectivity index (χ2n) is 13.8. The highest BCUT2D eigenvalue weighted by molar-refractivity contribution is 6.15. The number of hydrogen-bond acceptors (Lipinski definition) is 3. The van der Waals surface area contributed by atoms with Crippen LogP contribution >= 0.6 is 0 Å². The van der Waals surface area contributed by atoms with Crippen molar-refractivity contribution in [3.63, 3.8) is 0 Å². The van der Waals surface area contributed by atoms with Crippen LogP contribution in [0.25, 0.3) is 100 Å². The molecule has 0 N–H and O–H groups in total. The van der Waals surface area contributed by atoms with E-state index in [0.717, 1.165) is 83.6 Å². The molecule has 0 aliphatic heterocycles. The van der Waals surface area contributed by atoms with E-state index in [2.05, 4.69) is 144 Å². The highest BCUT2D eigenvalue weighted by atomic mass is 16.3. The molecule has 0 unspecified atom stereocenters. The molecule has 0 saturated carbocycles. The zero-order valence-corrected chi connectivity index (χ0v) is 29.7. The summed E-state index contributed by atoms with van der Waals surface area (Å²) in [6.45, 7) is 0. The van der Waals surface area contributed by atoms with Crippen molar-refractivity contribution in [1.29, 1.82) is 0 Å². The summed E-state index contributed by atoms with van der Waals surface area (Å²) >= 11 is 0. The summed E-state index contributed by atoms with van der Waals surface area (Å²) in [5, 5.41) is 9.63. The van der Waals surface area contributed by atoms with Crippen LogP contribution in [-0.2, 0) is 0 Å². The largest absolute Gasteiger partial charge is 0.455 e. The van der Waals surface area contributed by atoms with Crippen LogP contribution in [0.2, 0.25) is 0 Å². The molecule has 0 atom stereocenters. The molecule has 0 aliphatic carbocycles. The Morgan fingerprint density at radius 2 is 0.927 bits per heavy atom. The molecule has 0 radical (unpaired) electrons. The molecule has 5 nitrogen and oxygen atoms in total. The predicted molar refractivity (Wildman–Crippen MR) is 225 cm³/mol. The van der Waals surface area contributed by atoms with Crippen molar-refractivity contribution in [3.05, 3.63) is 194 Å². The zero-order chi connectivity index (χ0) is 36.3. The third-order valence-electron chi connectivity index (χ3n) is 10.6. The second kappa shape index (κ2) is 12.6. The summed E-state index contributed by atoms with van der Waals surface area (Å²) in [5.74, 6) is 1.49. The first-order chi connectivity index (χ1) is 27.3. The first-order valence-electron chi connectivity index (χ1n) is 18.5. The van der Waals surface area contributed by atoms with E-state index < -0.39 is 0 Å². The Hall–Kier alpha value is -7.50. The number of fused-ring (bicyclic) bond motifs is 6. The predicted octanol–water partition coefficient (Wildman–Crippen LogP) is 12.9. The highest BCUT2D eigenvalue weighted by Gasteiger charge is 2.19. The summed E-state index contributed by atoms with van der Waals surface area (Å²) in [7, 11) is 0. The van der Waals surface area contributed by atoms with Crippen molar-refractivity contribution in [1.82, 2.24) is 19.3 Å². The van der Waals surface area contributed by atoms with Gasteiger partial charge < -0.3 is 8.98 Å². The average Bonchev–Trinajstić information content (AvgIpc) is 3.97. The number of para-hydroxylation sites is 3. The van der Waals surface area contributed by atoms with Gasteiger partial charge in [0.15, 0.2) is 11.6 Å². The van der Waals surface area contributed by atoms with E-state index in [-0.39, 0.29) is 0 Å². The van der Waals surface area contributed by atoms with Gasteiger partial charge in [-0.2, -0.15) is 0 Å². The molecule has 55 heavy (non-hydrogen) atoms. The Morgan fingerprint density at radius 3 is 1.62 bits per heavy atom. The molecule has 3 heterocycles. The van der Waals surface area contributed by atoms with Gasteiger partial charge in [-0.05, 0) is 53.6 Å². The molecule has 0 amide bonds. The molecule has 0 bridgehead atoms. The SMILES string of the molecule is c1ccc(-c2nc(-c3ccccc3)n(-c3ccc(-n4c5ccccc5c5cc(-c6cccc7c6oc6c(-c8ccccc8)cccc67)ccc54)cc3)n2)cc1. The van der Waals surface area contributed by atoms with Crippen molar-refractivity contribution in [3.8, 4) is 56.4 Å². The summed E-state index contributed by atoms with van der Waals surface area (Å²) in [4.78, 5) is 5.00. The fraction of sp³-hybridized carbons (Fsp3) is 0. The van der Waals surface area contributed by atoms with Gasteiger partial charge in [0, 0.05) is 49.5 Å².